The van der Waals surface area contributed by atoms with Gasteiger partial charge in [0.15, 0.2) is 17.5 Å². The van der Waals surface area contributed by atoms with E-state index in [0.717, 1.165) is 61.8 Å². The summed E-state index contributed by atoms with van der Waals surface area (Å²) in [6.07, 6.45) is 6.85. The van der Waals surface area contributed by atoms with Crippen molar-refractivity contribution in [2.24, 2.45) is 0 Å². The molecule has 1 saturated heterocycles. The van der Waals surface area contributed by atoms with Crippen molar-refractivity contribution in [3.63, 3.8) is 0 Å². The fourth-order valence-electron chi connectivity index (χ4n) is 5.81. The summed E-state index contributed by atoms with van der Waals surface area (Å²) in [4.78, 5) is 8.45. The van der Waals surface area contributed by atoms with Gasteiger partial charge >= 0.3 is 0 Å². The van der Waals surface area contributed by atoms with Gasteiger partial charge in [-0.1, -0.05) is 0 Å². The molecule has 0 amide bonds. The number of anilines is 3. The quantitative estimate of drug-likeness (QED) is 0.411. The van der Waals surface area contributed by atoms with E-state index in [4.69, 9.17) is 0 Å². The third kappa shape index (κ3) is 5.14. The van der Waals surface area contributed by atoms with Crippen LogP contribution >= 0.6 is 0 Å². The Labute approximate surface area is 214 Å². The minimum atomic E-state index is -0.548. The highest BCUT2D eigenvalue weighted by molar-refractivity contribution is 5.63. The van der Waals surface area contributed by atoms with E-state index in [-0.39, 0.29) is 34.6 Å². The predicted octanol–water partition coefficient (Wildman–Crippen LogP) is 4.95. The molecule has 3 fully saturated rings. The van der Waals surface area contributed by atoms with Gasteiger partial charge in [0.1, 0.15) is 5.82 Å². The van der Waals surface area contributed by atoms with Gasteiger partial charge in [-0.25, -0.2) is 13.8 Å². The number of nitrogens with one attached hydrogen (secondary N) is 3. The molecule has 3 aromatic rings. The second kappa shape index (κ2) is 8.68. The van der Waals surface area contributed by atoms with Crippen molar-refractivity contribution < 1.29 is 8.78 Å². The number of benzene rings is 1. The Morgan fingerprint density at radius 3 is 2.35 bits per heavy atom. The molecule has 1 aliphatic heterocycles. The van der Waals surface area contributed by atoms with Crippen LogP contribution in [-0.4, -0.2) is 47.3 Å². The van der Waals surface area contributed by atoms with Crippen molar-refractivity contribution in [1.82, 2.24) is 35.5 Å². The molecule has 2 aromatic heterocycles. The normalized spacial score (nSPS) is 21.1. The van der Waals surface area contributed by atoms with E-state index in [1.807, 2.05) is 0 Å². The van der Waals surface area contributed by atoms with Crippen molar-refractivity contribution in [3.05, 3.63) is 41.4 Å². The zero-order chi connectivity index (χ0) is 25.9. The van der Waals surface area contributed by atoms with Crippen molar-refractivity contribution in [2.75, 3.05) is 10.6 Å². The van der Waals surface area contributed by atoms with Crippen LogP contribution in [0.25, 0.3) is 5.69 Å². The van der Waals surface area contributed by atoms with Crippen LogP contribution in [0, 0.1) is 11.6 Å². The highest BCUT2D eigenvalue weighted by Crippen LogP contribution is 2.46. The van der Waals surface area contributed by atoms with Crippen LogP contribution in [-0.2, 0) is 0 Å². The van der Waals surface area contributed by atoms with Crippen molar-refractivity contribution in [3.8, 4) is 5.69 Å². The van der Waals surface area contributed by atoms with Crippen LogP contribution in [0.4, 0.5) is 26.2 Å². The summed E-state index contributed by atoms with van der Waals surface area (Å²) in [6.45, 7) is 8.54. The largest absolute Gasteiger partial charge is 0.365 e. The number of piperidine rings is 1. The molecule has 196 valence electrons. The number of tetrazole rings is 1. The van der Waals surface area contributed by atoms with E-state index >= 15 is 4.39 Å². The third-order valence-corrected chi connectivity index (χ3v) is 7.32. The van der Waals surface area contributed by atoms with Crippen LogP contribution in [0.2, 0.25) is 0 Å². The fourth-order valence-corrected chi connectivity index (χ4v) is 5.81. The highest BCUT2D eigenvalue weighted by Gasteiger charge is 2.38. The summed E-state index contributed by atoms with van der Waals surface area (Å²) in [5.41, 5.74) is 1.64. The summed E-state index contributed by atoms with van der Waals surface area (Å²) in [6, 6.07) is 3.28. The molecule has 6 rings (SSSR count). The lowest BCUT2D eigenvalue weighted by atomic mass is 9.79. The van der Waals surface area contributed by atoms with Gasteiger partial charge in [-0.15, -0.1) is 5.10 Å². The molecule has 0 atom stereocenters. The number of halogens is 2. The zero-order valence-electron chi connectivity index (χ0n) is 21.6. The Kier molecular flexibility index (Phi) is 5.66. The first kappa shape index (κ1) is 24.1. The fraction of sp³-hybridized carbons (Fsp3) is 0.577. The lowest BCUT2D eigenvalue weighted by Gasteiger charge is -2.46. The molecule has 3 N–H and O–H groups in total. The minimum absolute atomic E-state index is 0.0188. The molecule has 0 bridgehead atoms. The smallest absolute Gasteiger partial charge is 0.229 e. The van der Waals surface area contributed by atoms with E-state index in [1.165, 1.54) is 0 Å². The molecule has 11 heteroatoms. The monoisotopic (exact) mass is 509 g/mol. The zero-order valence-corrected chi connectivity index (χ0v) is 21.6. The predicted molar refractivity (Wildman–Crippen MR) is 136 cm³/mol. The Balaban J connectivity index is 1.29. The number of hydrogen-bond acceptors (Lipinski definition) is 8. The summed E-state index contributed by atoms with van der Waals surface area (Å²) in [5.74, 6) is 0.677. The number of aromatic nitrogens is 6. The van der Waals surface area contributed by atoms with Gasteiger partial charge < -0.3 is 16.0 Å². The summed E-state index contributed by atoms with van der Waals surface area (Å²) in [7, 11) is 0. The average Bonchev–Trinajstić information content (AvgIpc) is 3.74. The second-order valence-corrected chi connectivity index (χ2v) is 12.0. The van der Waals surface area contributed by atoms with Gasteiger partial charge in [0.25, 0.3) is 0 Å². The van der Waals surface area contributed by atoms with Gasteiger partial charge in [0.2, 0.25) is 5.95 Å². The SMILES string of the molecule is CC1(C)CC(Nc2nc(Nc3cc(-n4nnnc4C4CC4)c(C4CC4)cc3F)ncc2F)CC(C)(C)N1. The van der Waals surface area contributed by atoms with Gasteiger partial charge in [0.05, 0.1) is 17.6 Å². The molecule has 37 heavy (non-hydrogen) atoms. The second-order valence-electron chi connectivity index (χ2n) is 12.0. The molecular weight excluding hydrogens is 476 g/mol. The number of hydrogen-bond donors (Lipinski definition) is 3. The van der Waals surface area contributed by atoms with Crippen LogP contribution in [0.3, 0.4) is 0 Å². The van der Waals surface area contributed by atoms with Gasteiger partial charge in [-0.05, 0) is 100 Å². The molecule has 0 radical (unpaired) electrons. The van der Waals surface area contributed by atoms with E-state index < -0.39 is 11.6 Å². The Bertz CT molecular complexity index is 1310. The first-order valence-electron chi connectivity index (χ1n) is 13.0. The first-order valence-corrected chi connectivity index (χ1v) is 13.0. The van der Waals surface area contributed by atoms with Crippen molar-refractivity contribution >= 4 is 17.5 Å². The Morgan fingerprint density at radius 1 is 0.973 bits per heavy atom. The van der Waals surface area contributed by atoms with E-state index in [1.54, 1.807) is 16.8 Å². The molecular formula is C26H33F2N9. The molecule has 2 aliphatic carbocycles. The van der Waals surface area contributed by atoms with Crippen LogP contribution in [0.5, 0.6) is 0 Å². The van der Waals surface area contributed by atoms with Gasteiger partial charge in [0, 0.05) is 23.0 Å². The third-order valence-electron chi connectivity index (χ3n) is 7.32. The first-order chi connectivity index (χ1) is 17.6. The minimum Gasteiger partial charge on any atom is -0.365 e. The molecule has 3 aliphatic rings. The number of rotatable bonds is 7. The standard InChI is InChI=1S/C26H33F2N9/c1-25(2)11-16(12-26(3,4)34-25)30-22-19(28)13-29-24(32-22)31-20-10-21(17(9-18(20)27)14-5-6-14)37-23(15-7-8-15)33-35-36-37/h9-10,13-16,34H,5-8,11-12H2,1-4H3,(H2,29,30,31,32). The van der Waals surface area contributed by atoms with Crippen molar-refractivity contribution in [2.45, 2.75) is 95.2 Å². The maximum Gasteiger partial charge on any atom is 0.229 e. The average molecular weight is 510 g/mol. The molecule has 9 nitrogen and oxygen atoms in total. The lowest BCUT2D eigenvalue weighted by Crippen LogP contribution is -2.60. The highest BCUT2D eigenvalue weighted by atomic mass is 19.1. The van der Waals surface area contributed by atoms with Gasteiger partial charge in [-0.2, -0.15) is 9.67 Å². The molecule has 3 heterocycles. The number of nitrogens with zero attached hydrogens (tertiary/aromatic N) is 6. The molecule has 0 unspecified atom stereocenters. The van der Waals surface area contributed by atoms with Gasteiger partial charge in [-0.3, -0.25) is 0 Å². The summed E-state index contributed by atoms with van der Waals surface area (Å²) in [5, 5.41) is 22.2. The van der Waals surface area contributed by atoms with Crippen LogP contribution < -0.4 is 16.0 Å². The molecule has 2 saturated carbocycles. The van der Waals surface area contributed by atoms with Crippen LogP contribution in [0.1, 0.15) is 89.4 Å². The topological polar surface area (TPSA) is 105 Å². The van der Waals surface area contributed by atoms with E-state index in [0.29, 0.717) is 11.8 Å². The summed E-state index contributed by atoms with van der Waals surface area (Å²) < 4.78 is 31.7. The van der Waals surface area contributed by atoms with Crippen LogP contribution in [0.15, 0.2) is 18.3 Å². The van der Waals surface area contributed by atoms with E-state index in [2.05, 4.69) is 69.1 Å². The summed E-state index contributed by atoms with van der Waals surface area (Å²) >= 11 is 0. The Morgan fingerprint density at radius 2 is 1.68 bits per heavy atom. The van der Waals surface area contributed by atoms with E-state index in [9.17, 15) is 4.39 Å². The Hall–Kier alpha value is -3.21. The lowest BCUT2D eigenvalue weighted by molar-refractivity contribution is 0.170. The molecule has 1 aromatic carbocycles. The maximum atomic E-state index is 15.3. The maximum absolute atomic E-state index is 15.3. The molecule has 0 spiro atoms. The van der Waals surface area contributed by atoms with Crippen molar-refractivity contribution in [1.29, 1.82) is 0 Å².